The van der Waals surface area contributed by atoms with Crippen LogP contribution in [-0.2, 0) is 9.59 Å². The van der Waals surface area contributed by atoms with Gasteiger partial charge in [-0.2, -0.15) is 0 Å². The van der Waals surface area contributed by atoms with Crippen LogP contribution in [0, 0.1) is 0 Å². The first kappa shape index (κ1) is 8.71. The molecular formula is C9H11NO2. The number of nitrogens with one attached hydrogen (secondary N) is 1. The van der Waals surface area contributed by atoms with Crippen molar-refractivity contribution in [3.8, 4) is 0 Å². The van der Waals surface area contributed by atoms with Gasteiger partial charge in [-0.3, -0.25) is 9.59 Å². The maximum atomic E-state index is 11.3. The van der Waals surface area contributed by atoms with E-state index in [9.17, 15) is 9.59 Å². The smallest absolute Gasteiger partial charge is 0.202 e. The van der Waals surface area contributed by atoms with E-state index in [0.29, 0.717) is 16.8 Å². The summed E-state index contributed by atoms with van der Waals surface area (Å²) in [5.41, 5.74) is 1.42. The van der Waals surface area contributed by atoms with Gasteiger partial charge in [-0.15, -0.1) is 0 Å². The highest BCUT2D eigenvalue weighted by atomic mass is 16.1. The molecule has 0 aromatic rings. The third-order valence-electron chi connectivity index (χ3n) is 1.92. The molecule has 3 nitrogen and oxygen atoms in total. The quantitative estimate of drug-likeness (QED) is 0.578. The molecule has 0 aliphatic heterocycles. The van der Waals surface area contributed by atoms with Crippen molar-refractivity contribution in [2.45, 2.75) is 13.8 Å². The summed E-state index contributed by atoms with van der Waals surface area (Å²) in [6.45, 7) is 3.30. The Labute approximate surface area is 71.1 Å². The fourth-order valence-corrected chi connectivity index (χ4v) is 1.24. The van der Waals surface area contributed by atoms with Crippen LogP contribution in [0.15, 0.2) is 22.9 Å². The Morgan fingerprint density at radius 2 is 1.83 bits per heavy atom. The molecule has 0 aromatic heterocycles. The first-order valence-electron chi connectivity index (χ1n) is 3.74. The van der Waals surface area contributed by atoms with Crippen molar-refractivity contribution < 1.29 is 9.59 Å². The Hall–Kier alpha value is -1.38. The zero-order valence-electron chi connectivity index (χ0n) is 7.39. The Morgan fingerprint density at radius 1 is 1.25 bits per heavy atom. The zero-order valence-corrected chi connectivity index (χ0v) is 7.39. The van der Waals surface area contributed by atoms with Gasteiger partial charge >= 0.3 is 0 Å². The van der Waals surface area contributed by atoms with Crippen molar-refractivity contribution in [3.05, 3.63) is 22.9 Å². The minimum atomic E-state index is -0.118. The van der Waals surface area contributed by atoms with Gasteiger partial charge in [0.2, 0.25) is 5.78 Å². The standard InChI is InChI=1S/C9H11NO2/c1-5-4-7(11)8(10-3)6(2)9(5)12/h4,10H,1-3H3. The number of ketones is 2. The normalized spacial score (nSPS) is 18.1. The van der Waals surface area contributed by atoms with Crippen LogP contribution in [-0.4, -0.2) is 18.6 Å². The molecular weight excluding hydrogens is 154 g/mol. The second-order valence-electron chi connectivity index (χ2n) is 2.77. The number of carbonyl (C=O) groups excluding carboxylic acids is 2. The van der Waals surface area contributed by atoms with Crippen LogP contribution in [0.5, 0.6) is 0 Å². The van der Waals surface area contributed by atoms with Gasteiger partial charge in [0.05, 0.1) is 5.70 Å². The van der Waals surface area contributed by atoms with Crippen molar-refractivity contribution in [2.24, 2.45) is 0 Å². The Balaban J connectivity index is 3.17. The van der Waals surface area contributed by atoms with E-state index in [-0.39, 0.29) is 11.6 Å². The number of Topliss-reactive ketones (excluding diaryl/α,β-unsaturated/α-hetero) is 1. The van der Waals surface area contributed by atoms with Crippen LogP contribution in [0.25, 0.3) is 0 Å². The van der Waals surface area contributed by atoms with Gasteiger partial charge in [-0.1, -0.05) is 0 Å². The third kappa shape index (κ3) is 1.18. The third-order valence-corrected chi connectivity index (χ3v) is 1.92. The first-order valence-corrected chi connectivity index (χ1v) is 3.74. The molecule has 0 saturated heterocycles. The van der Waals surface area contributed by atoms with Gasteiger partial charge in [0.25, 0.3) is 0 Å². The van der Waals surface area contributed by atoms with Crippen molar-refractivity contribution >= 4 is 11.6 Å². The summed E-state index contributed by atoms with van der Waals surface area (Å²) < 4.78 is 0. The average Bonchev–Trinajstić information content (AvgIpc) is 2.01. The highest BCUT2D eigenvalue weighted by Gasteiger charge is 2.21. The largest absolute Gasteiger partial charge is 0.385 e. The Bertz CT molecular complexity index is 310. The molecule has 0 aromatic carbocycles. The lowest BCUT2D eigenvalue weighted by Gasteiger charge is -2.13. The zero-order chi connectivity index (χ0) is 9.30. The molecule has 0 spiro atoms. The Morgan fingerprint density at radius 3 is 2.33 bits per heavy atom. The van der Waals surface area contributed by atoms with Gasteiger partial charge in [-0.05, 0) is 19.9 Å². The summed E-state index contributed by atoms with van der Waals surface area (Å²) in [7, 11) is 1.64. The molecule has 0 amide bonds. The lowest BCUT2D eigenvalue weighted by atomic mass is 9.95. The lowest BCUT2D eigenvalue weighted by molar-refractivity contribution is -0.116. The van der Waals surface area contributed by atoms with Crippen LogP contribution in [0.4, 0.5) is 0 Å². The monoisotopic (exact) mass is 165 g/mol. The molecule has 0 unspecified atom stereocenters. The molecule has 0 heterocycles. The van der Waals surface area contributed by atoms with Crippen LogP contribution < -0.4 is 5.32 Å². The molecule has 0 radical (unpaired) electrons. The number of hydrogen-bond acceptors (Lipinski definition) is 3. The number of likely N-dealkylation sites (N-methyl/N-ethyl adjacent to an activating group) is 1. The molecule has 3 heteroatoms. The highest BCUT2D eigenvalue weighted by molar-refractivity contribution is 6.21. The van der Waals surface area contributed by atoms with Crippen molar-refractivity contribution in [3.63, 3.8) is 0 Å². The summed E-state index contributed by atoms with van der Waals surface area (Å²) in [6, 6.07) is 0. The summed E-state index contributed by atoms with van der Waals surface area (Å²) in [5, 5.41) is 2.72. The Kier molecular flexibility index (Phi) is 2.13. The van der Waals surface area contributed by atoms with Gasteiger partial charge in [0.15, 0.2) is 5.78 Å². The van der Waals surface area contributed by atoms with E-state index in [1.807, 2.05) is 0 Å². The molecule has 0 saturated carbocycles. The fourth-order valence-electron chi connectivity index (χ4n) is 1.24. The van der Waals surface area contributed by atoms with E-state index in [0.717, 1.165) is 0 Å². The molecule has 0 fully saturated rings. The predicted molar refractivity (Wildman–Crippen MR) is 45.5 cm³/mol. The SMILES string of the molecule is CNC1=C(C)C(=O)C(C)=CC1=O. The minimum absolute atomic E-state index is 0.0565. The molecule has 1 rings (SSSR count). The van der Waals surface area contributed by atoms with Crippen LogP contribution >= 0.6 is 0 Å². The van der Waals surface area contributed by atoms with E-state index < -0.39 is 0 Å². The molecule has 0 atom stereocenters. The summed E-state index contributed by atoms with van der Waals surface area (Å²) in [5.74, 6) is -0.175. The molecule has 1 aliphatic carbocycles. The molecule has 12 heavy (non-hydrogen) atoms. The molecule has 0 bridgehead atoms. The van der Waals surface area contributed by atoms with Gasteiger partial charge in [-0.25, -0.2) is 0 Å². The second kappa shape index (κ2) is 2.93. The number of hydrogen-bond donors (Lipinski definition) is 1. The van der Waals surface area contributed by atoms with E-state index in [2.05, 4.69) is 5.32 Å². The van der Waals surface area contributed by atoms with E-state index in [1.54, 1.807) is 20.9 Å². The highest BCUT2D eigenvalue weighted by Crippen LogP contribution is 2.15. The maximum absolute atomic E-state index is 11.3. The maximum Gasteiger partial charge on any atom is 0.202 e. The van der Waals surface area contributed by atoms with Crippen LogP contribution in [0.2, 0.25) is 0 Å². The van der Waals surface area contributed by atoms with Crippen LogP contribution in [0.3, 0.4) is 0 Å². The van der Waals surface area contributed by atoms with Crippen molar-refractivity contribution in [2.75, 3.05) is 7.05 Å². The van der Waals surface area contributed by atoms with Gasteiger partial charge in [0, 0.05) is 18.2 Å². The van der Waals surface area contributed by atoms with Gasteiger partial charge < -0.3 is 5.32 Å². The van der Waals surface area contributed by atoms with E-state index in [4.69, 9.17) is 0 Å². The summed E-state index contributed by atoms with van der Waals surface area (Å²) >= 11 is 0. The molecule has 1 aliphatic rings. The predicted octanol–water partition coefficient (Wildman–Crippen LogP) is 0.578. The number of rotatable bonds is 1. The van der Waals surface area contributed by atoms with Crippen molar-refractivity contribution in [1.82, 2.24) is 5.32 Å². The minimum Gasteiger partial charge on any atom is -0.385 e. The second-order valence-corrected chi connectivity index (χ2v) is 2.77. The summed E-state index contributed by atoms with van der Waals surface area (Å²) in [6.07, 6.45) is 1.36. The number of allylic oxidation sites excluding steroid dienone is 3. The van der Waals surface area contributed by atoms with Crippen molar-refractivity contribution in [1.29, 1.82) is 0 Å². The molecule has 1 N–H and O–H groups in total. The van der Waals surface area contributed by atoms with E-state index in [1.165, 1.54) is 6.08 Å². The average molecular weight is 165 g/mol. The lowest BCUT2D eigenvalue weighted by Crippen LogP contribution is -2.24. The molecule has 64 valence electrons. The fraction of sp³-hybridized carbons (Fsp3) is 0.333. The van der Waals surface area contributed by atoms with Crippen LogP contribution in [0.1, 0.15) is 13.8 Å². The topological polar surface area (TPSA) is 46.2 Å². The summed E-state index contributed by atoms with van der Waals surface area (Å²) in [4.78, 5) is 22.6. The van der Waals surface area contributed by atoms with E-state index >= 15 is 0 Å². The number of carbonyl (C=O) groups is 2. The van der Waals surface area contributed by atoms with Gasteiger partial charge in [0.1, 0.15) is 0 Å². The first-order chi connectivity index (χ1) is 5.57.